The lowest BCUT2D eigenvalue weighted by atomic mass is 10.2. The van der Waals surface area contributed by atoms with Gasteiger partial charge in [0.2, 0.25) is 0 Å². The van der Waals surface area contributed by atoms with Crippen LogP contribution in [0.15, 0.2) is 42.5 Å². The van der Waals surface area contributed by atoms with Gasteiger partial charge in [0.15, 0.2) is 5.11 Å². The van der Waals surface area contributed by atoms with Crippen LogP contribution in [0.1, 0.15) is 24.2 Å². The molecule has 0 saturated heterocycles. The van der Waals surface area contributed by atoms with Crippen LogP contribution in [0, 0.1) is 0 Å². The third kappa shape index (κ3) is 5.62. The highest BCUT2D eigenvalue weighted by atomic mass is 35.5. The van der Waals surface area contributed by atoms with E-state index in [9.17, 15) is 4.79 Å². The van der Waals surface area contributed by atoms with Crippen molar-refractivity contribution in [3.8, 4) is 11.5 Å². The van der Waals surface area contributed by atoms with Crippen LogP contribution in [0.2, 0.25) is 5.02 Å². The maximum atomic E-state index is 12.3. The molecule has 0 unspecified atom stereocenters. The second-order valence-corrected chi connectivity index (χ2v) is 6.27. The van der Waals surface area contributed by atoms with Gasteiger partial charge in [0.25, 0.3) is 5.91 Å². The first-order valence-corrected chi connectivity index (χ1v) is 8.40. The number of nitrogens with one attached hydrogen (secondary N) is 2. The number of carbonyl (C=O) groups is 1. The van der Waals surface area contributed by atoms with E-state index in [1.807, 2.05) is 13.8 Å². The predicted molar refractivity (Wildman–Crippen MR) is 104 cm³/mol. The fourth-order valence-electron chi connectivity index (χ4n) is 2.06. The number of ether oxygens (including phenoxy) is 2. The van der Waals surface area contributed by atoms with E-state index in [0.717, 1.165) is 0 Å². The molecule has 2 aromatic rings. The Morgan fingerprint density at radius 2 is 1.96 bits per heavy atom. The first-order valence-electron chi connectivity index (χ1n) is 7.61. The van der Waals surface area contributed by atoms with E-state index in [1.54, 1.807) is 42.5 Å². The lowest BCUT2D eigenvalue weighted by Crippen LogP contribution is -2.34. The maximum absolute atomic E-state index is 12.3. The van der Waals surface area contributed by atoms with Gasteiger partial charge in [-0.1, -0.05) is 17.7 Å². The molecule has 1 amide bonds. The summed E-state index contributed by atoms with van der Waals surface area (Å²) in [5, 5.41) is 6.15. The second-order valence-electron chi connectivity index (χ2n) is 5.45. The molecule has 2 aromatic carbocycles. The van der Waals surface area contributed by atoms with Crippen molar-refractivity contribution in [1.82, 2.24) is 5.32 Å². The number of amides is 1. The van der Waals surface area contributed by atoms with E-state index < -0.39 is 0 Å². The molecule has 0 fully saturated rings. The summed E-state index contributed by atoms with van der Waals surface area (Å²) in [4.78, 5) is 12.3. The van der Waals surface area contributed by atoms with Crippen LogP contribution in [0.25, 0.3) is 0 Å². The fraction of sp³-hybridized carbons (Fsp3) is 0.222. The number of benzene rings is 2. The molecule has 2 rings (SSSR count). The Morgan fingerprint density at radius 1 is 1.20 bits per heavy atom. The molecule has 5 nitrogen and oxygen atoms in total. The SMILES string of the molecule is COc1ccc(NC(=S)NC(=O)c2cccc(OC(C)C)c2)cc1Cl. The fourth-order valence-corrected chi connectivity index (χ4v) is 2.53. The molecule has 0 heterocycles. The molecular weight excluding hydrogens is 360 g/mol. The van der Waals surface area contributed by atoms with E-state index in [4.69, 9.17) is 33.3 Å². The van der Waals surface area contributed by atoms with Gasteiger partial charge in [0, 0.05) is 11.3 Å². The molecule has 0 radical (unpaired) electrons. The van der Waals surface area contributed by atoms with Crippen molar-refractivity contribution < 1.29 is 14.3 Å². The lowest BCUT2D eigenvalue weighted by Gasteiger charge is -2.12. The van der Waals surface area contributed by atoms with E-state index in [0.29, 0.717) is 27.8 Å². The molecule has 0 aliphatic heterocycles. The molecule has 0 aliphatic carbocycles. The number of methoxy groups -OCH3 is 1. The smallest absolute Gasteiger partial charge is 0.257 e. The summed E-state index contributed by atoms with van der Waals surface area (Å²) >= 11 is 11.2. The molecule has 132 valence electrons. The number of halogens is 1. The highest BCUT2D eigenvalue weighted by molar-refractivity contribution is 7.80. The van der Waals surface area contributed by atoms with E-state index >= 15 is 0 Å². The highest BCUT2D eigenvalue weighted by Gasteiger charge is 2.10. The summed E-state index contributed by atoms with van der Waals surface area (Å²) in [5.74, 6) is 0.860. The van der Waals surface area contributed by atoms with Crippen LogP contribution < -0.4 is 20.1 Å². The van der Waals surface area contributed by atoms with Crippen molar-refractivity contribution in [3.05, 3.63) is 53.1 Å². The summed E-state index contributed by atoms with van der Waals surface area (Å²) in [6.45, 7) is 3.84. The molecule has 0 atom stereocenters. The predicted octanol–water partition coefficient (Wildman–Crippen LogP) is 4.26. The number of anilines is 1. The summed E-state index contributed by atoms with van der Waals surface area (Å²) in [7, 11) is 1.54. The Labute approximate surface area is 157 Å². The van der Waals surface area contributed by atoms with Crippen molar-refractivity contribution in [2.24, 2.45) is 0 Å². The van der Waals surface area contributed by atoms with Crippen molar-refractivity contribution in [2.45, 2.75) is 20.0 Å². The van der Waals surface area contributed by atoms with Gasteiger partial charge in [-0.25, -0.2) is 0 Å². The average molecular weight is 379 g/mol. The standard InChI is InChI=1S/C18H19ClN2O3S/c1-11(2)24-14-6-4-5-12(9-14)17(22)21-18(25)20-13-7-8-16(23-3)15(19)10-13/h4-11H,1-3H3,(H2,20,21,22,25). The maximum Gasteiger partial charge on any atom is 0.257 e. The van der Waals surface area contributed by atoms with Gasteiger partial charge in [-0.3, -0.25) is 10.1 Å². The molecule has 0 bridgehead atoms. The van der Waals surface area contributed by atoms with Crippen molar-refractivity contribution >= 4 is 40.5 Å². The quantitative estimate of drug-likeness (QED) is 0.761. The molecule has 2 N–H and O–H groups in total. The van der Waals surface area contributed by atoms with Gasteiger partial charge in [0.05, 0.1) is 18.2 Å². The summed E-state index contributed by atoms with van der Waals surface area (Å²) in [6, 6.07) is 12.0. The van der Waals surface area contributed by atoms with Crippen molar-refractivity contribution in [1.29, 1.82) is 0 Å². The number of hydrogen-bond donors (Lipinski definition) is 2. The van der Waals surface area contributed by atoms with Gasteiger partial charge in [0.1, 0.15) is 11.5 Å². The first kappa shape index (κ1) is 19.0. The highest BCUT2D eigenvalue weighted by Crippen LogP contribution is 2.27. The normalized spacial score (nSPS) is 10.3. The zero-order chi connectivity index (χ0) is 18.4. The van der Waals surface area contributed by atoms with Gasteiger partial charge < -0.3 is 14.8 Å². The van der Waals surface area contributed by atoms with E-state index in [-0.39, 0.29) is 17.1 Å². The Hall–Kier alpha value is -2.31. The van der Waals surface area contributed by atoms with Crippen LogP contribution in [0.4, 0.5) is 5.69 Å². The monoisotopic (exact) mass is 378 g/mol. The van der Waals surface area contributed by atoms with E-state index in [2.05, 4.69) is 10.6 Å². The molecule has 0 aliphatic rings. The van der Waals surface area contributed by atoms with Crippen molar-refractivity contribution in [3.63, 3.8) is 0 Å². The largest absolute Gasteiger partial charge is 0.495 e. The topological polar surface area (TPSA) is 59.6 Å². The summed E-state index contributed by atoms with van der Waals surface area (Å²) < 4.78 is 10.7. The molecular formula is C18H19ClN2O3S. The number of rotatable bonds is 5. The van der Waals surface area contributed by atoms with Crippen LogP contribution >= 0.6 is 23.8 Å². The lowest BCUT2D eigenvalue weighted by molar-refractivity contribution is 0.0977. The molecule has 0 spiro atoms. The van der Waals surface area contributed by atoms with Crippen LogP contribution in [0.5, 0.6) is 11.5 Å². The Kier molecular flexibility index (Phi) is 6.61. The number of hydrogen-bond acceptors (Lipinski definition) is 4. The average Bonchev–Trinajstić information content (AvgIpc) is 2.54. The van der Waals surface area contributed by atoms with Crippen LogP contribution in [-0.2, 0) is 0 Å². The third-order valence-electron chi connectivity index (χ3n) is 3.10. The van der Waals surface area contributed by atoms with Gasteiger partial charge >= 0.3 is 0 Å². The zero-order valence-corrected chi connectivity index (χ0v) is 15.7. The van der Waals surface area contributed by atoms with Gasteiger partial charge in [-0.2, -0.15) is 0 Å². The summed E-state index contributed by atoms with van der Waals surface area (Å²) in [5.41, 5.74) is 1.10. The first-order chi connectivity index (χ1) is 11.9. The van der Waals surface area contributed by atoms with Gasteiger partial charge in [-0.05, 0) is 62.5 Å². The van der Waals surface area contributed by atoms with Crippen molar-refractivity contribution in [2.75, 3.05) is 12.4 Å². The Bertz CT molecular complexity index is 781. The minimum Gasteiger partial charge on any atom is -0.495 e. The minimum atomic E-state index is -0.327. The second kappa shape index (κ2) is 8.69. The van der Waals surface area contributed by atoms with Crippen LogP contribution in [-0.4, -0.2) is 24.2 Å². The molecule has 25 heavy (non-hydrogen) atoms. The number of thiocarbonyl (C=S) groups is 1. The minimum absolute atomic E-state index is 0.0286. The van der Waals surface area contributed by atoms with Crippen LogP contribution in [0.3, 0.4) is 0 Å². The summed E-state index contributed by atoms with van der Waals surface area (Å²) in [6.07, 6.45) is 0.0286. The Morgan fingerprint density at radius 3 is 2.60 bits per heavy atom. The molecule has 0 aromatic heterocycles. The number of carbonyl (C=O) groups excluding carboxylic acids is 1. The zero-order valence-electron chi connectivity index (χ0n) is 14.1. The third-order valence-corrected chi connectivity index (χ3v) is 3.60. The van der Waals surface area contributed by atoms with E-state index in [1.165, 1.54) is 7.11 Å². The Balaban J connectivity index is 2.00. The molecule has 0 saturated carbocycles. The van der Waals surface area contributed by atoms with Gasteiger partial charge in [-0.15, -0.1) is 0 Å². The molecule has 7 heteroatoms.